The van der Waals surface area contributed by atoms with E-state index in [4.69, 9.17) is 11.5 Å². The molecule has 2 rings (SSSR count). The van der Waals surface area contributed by atoms with Crippen molar-refractivity contribution in [2.45, 2.75) is 69.3 Å². The van der Waals surface area contributed by atoms with Gasteiger partial charge in [-0.2, -0.15) is 0 Å². The molecule has 1 heterocycles. The number of nitrogens with zero attached hydrogens (tertiary/aromatic N) is 1. The van der Waals surface area contributed by atoms with Gasteiger partial charge in [-0.05, 0) is 38.3 Å². The number of aromatic nitrogens is 2. The number of carbonyl (C=O) groups excluding carboxylic acids is 3. The van der Waals surface area contributed by atoms with Crippen LogP contribution < -0.4 is 27.4 Å². The minimum atomic E-state index is -1.28. The Hall–Kier alpha value is -3.81. The number of carboxylic acid groups (broad SMARTS) is 1. The lowest BCUT2D eigenvalue weighted by atomic mass is 10.0. The van der Waals surface area contributed by atoms with Crippen LogP contribution in [0.3, 0.4) is 0 Å². The summed E-state index contributed by atoms with van der Waals surface area (Å²) in [6.07, 6.45) is 3.09. The van der Waals surface area contributed by atoms with Crippen LogP contribution in [0.4, 0.5) is 0 Å². The molecule has 5 atom stereocenters. The first-order valence-corrected chi connectivity index (χ1v) is 12.4. The molecule has 0 fully saturated rings. The maximum Gasteiger partial charge on any atom is 0.326 e. The molecule has 1 aromatic carbocycles. The molecule has 13 heteroatoms. The van der Waals surface area contributed by atoms with Gasteiger partial charge < -0.3 is 42.6 Å². The minimum absolute atomic E-state index is 0.0396. The summed E-state index contributed by atoms with van der Waals surface area (Å²) in [5.41, 5.74) is 12.5. The van der Waals surface area contributed by atoms with E-state index >= 15 is 0 Å². The van der Waals surface area contributed by atoms with Crippen molar-refractivity contribution in [2.75, 3.05) is 6.54 Å². The molecule has 0 saturated carbocycles. The first-order valence-electron chi connectivity index (χ1n) is 12.4. The van der Waals surface area contributed by atoms with Crippen LogP contribution in [0.15, 0.2) is 42.9 Å². The molecule has 0 radical (unpaired) electrons. The number of benzene rings is 1. The molecule has 0 spiro atoms. The van der Waals surface area contributed by atoms with Gasteiger partial charge in [0.15, 0.2) is 0 Å². The van der Waals surface area contributed by atoms with Gasteiger partial charge in [-0.25, -0.2) is 9.78 Å². The van der Waals surface area contributed by atoms with Crippen LogP contribution in [-0.2, 0) is 32.0 Å². The number of nitrogens with two attached hydrogens (primary N) is 2. The lowest BCUT2D eigenvalue weighted by Gasteiger charge is -2.25. The van der Waals surface area contributed by atoms with Crippen molar-refractivity contribution in [3.05, 3.63) is 54.1 Å². The summed E-state index contributed by atoms with van der Waals surface area (Å²) in [6.45, 7) is 1.75. The minimum Gasteiger partial charge on any atom is -0.480 e. The molecular formula is C25H37N7O6. The zero-order valence-corrected chi connectivity index (χ0v) is 21.3. The quantitative estimate of drug-likeness (QED) is 0.119. The highest BCUT2D eigenvalue weighted by Crippen LogP contribution is 2.08. The number of hydrogen-bond donors (Lipinski definition) is 8. The monoisotopic (exact) mass is 531 g/mol. The second-order valence-electron chi connectivity index (χ2n) is 9.04. The Bertz CT molecular complexity index is 1030. The van der Waals surface area contributed by atoms with E-state index in [1.54, 1.807) is 30.3 Å². The molecular weight excluding hydrogens is 494 g/mol. The van der Waals surface area contributed by atoms with Crippen molar-refractivity contribution in [1.82, 2.24) is 25.9 Å². The predicted octanol–water partition coefficient (Wildman–Crippen LogP) is -1.43. The summed E-state index contributed by atoms with van der Waals surface area (Å²) in [7, 11) is 0. The van der Waals surface area contributed by atoms with Crippen LogP contribution in [0.2, 0.25) is 0 Å². The Labute approximate surface area is 220 Å². The van der Waals surface area contributed by atoms with E-state index < -0.39 is 54.0 Å². The molecule has 5 unspecified atom stereocenters. The highest BCUT2D eigenvalue weighted by atomic mass is 16.4. The van der Waals surface area contributed by atoms with Gasteiger partial charge in [0, 0.05) is 24.7 Å². The fraction of sp³-hybridized carbons (Fsp3) is 0.480. The van der Waals surface area contributed by atoms with E-state index in [1.807, 2.05) is 0 Å². The summed E-state index contributed by atoms with van der Waals surface area (Å²) in [5, 5.41) is 27.0. The Morgan fingerprint density at radius 3 is 2.16 bits per heavy atom. The molecule has 3 amide bonds. The van der Waals surface area contributed by atoms with Crippen LogP contribution in [0, 0.1) is 0 Å². The number of aliphatic carboxylic acids is 1. The summed E-state index contributed by atoms with van der Waals surface area (Å²) in [6, 6.07) is 4.18. The number of nitrogens with one attached hydrogen (secondary N) is 4. The number of aromatic amines is 1. The van der Waals surface area contributed by atoms with Crippen molar-refractivity contribution >= 4 is 23.7 Å². The molecule has 0 aliphatic carbocycles. The van der Waals surface area contributed by atoms with Crippen LogP contribution in [0.25, 0.3) is 0 Å². The maximum atomic E-state index is 13.3. The third-order valence-electron chi connectivity index (χ3n) is 5.91. The number of amides is 3. The number of H-pyrrole nitrogens is 1. The Kier molecular flexibility index (Phi) is 12.4. The summed E-state index contributed by atoms with van der Waals surface area (Å²) < 4.78 is 0. The number of carboxylic acids is 1. The Balaban J connectivity index is 2.22. The molecule has 208 valence electrons. The summed E-state index contributed by atoms with van der Waals surface area (Å²) in [4.78, 5) is 57.5. The number of rotatable bonds is 16. The van der Waals surface area contributed by atoms with E-state index in [2.05, 4.69) is 25.9 Å². The summed E-state index contributed by atoms with van der Waals surface area (Å²) >= 11 is 0. The number of imidazole rings is 1. The SMILES string of the molecule is CC(O)C(N)C(=O)NC(CCCCN)C(=O)NC(Cc1ccccc1)C(=O)NC(Cc1cnc[nH]1)C(=O)O. The number of aliphatic hydroxyl groups excluding tert-OH is 1. The highest BCUT2D eigenvalue weighted by Gasteiger charge is 2.31. The van der Waals surface area contributed by atoms with Crippen molar-refractivity contribution in [3.8, 4) is 0 Å². The maximum absolute atomic E-state index is 13.3. The standard InChI is InChI=1S/C25H37N7O6/c1-15(33)21(27)24(36)30-18(9-5-6-10-26)22(34)31-19(11-16-7-3-2-4-8-16)23(35)32-20(25(37)38)12-17-13-28-14-29-17/h2-4,7-8,13-15,18-21,33H,5-6,9-12,26-27H2,1H3,(H,28,29)(H,30,36)(H,31,34)(H,32,35)(H,37,38). The molecule has 10 N–H and O–H groups in total. The normalized spacial score (nSPS) is 14.9. The van der Waals surface area contributed by atoms with Gasteiger partial charge in [0.2, 0.25) is 17.7 Å². The molecule has 0 aliphatic rings. The van der Waals surface area contributed by atoms with Gasteiger partial charge in [0.1, 0.15) is 24.2 Å². The Morgan fingerprint density at radius 2 is 1.58 bits per heavy atom. The predicted molar refractivity (Wildman–Crippen MR) is 138 cm³/mol. The average molecular weight is 532 g/mol. The van der Waals surface area contributed by atoms with Gasteiger partial charge in [-0.1, -0.05) is 30.3 Å². The van der Waals surface area contributed by atoms with Crippen molar-refractivity contribution in [2.24, 2.45) is 11.5 Å². The Morgan fingerprint density at radius 1 is 0.947 bits per heavy atom. The van der Waals surface area contributed by atoms with Gasteiger partial charge in [0.05, 0.1) is 12.4 Å². The van der Waals surface area contributed by atoms with Crippen molar-refractivity contribution < 1.29 is 29.4 Å². The molecule has 13 nitrogen and oxygen atoms in total. The zero-order valence-electron chi connectivity index (χ0n) is 21.3. The molecule has 0 saturated heterocycles. The van der Waals surface area contributed by atoms with E-state index in [1.165, 1.54) is 19.4 Å². The number of carbonyl (C=O) groups is 4. The first kappa shape index (κ1) is 30.4. The highest BCUT2D eigenvalue weighted by molar-refractivity contribution is 5.94. The van der Waals surface area contributed by atoms with Crippen molar-refractivity contribution in [3.63, 3.8) is 0 Å². The molecule has 0 bridgehead atoms. The van der Waals surface area contributed by atoms with E-state index in [-0.39, 0.29) is 19.3 Å². The first-order chi connectivity index (χ1) is 18.1. The zero-order chi connectivity index (χ0) is 28.1. The van der Waals surface area contributed by atoms with Gasteiger partial charge in [-0.15, -0.1) is 0 Å². The van der Waals surface area contributed by atoms with Crippen LogP contribution >= 0.6 is 0 Å². The molecule has 1 aromatic heterocycles. The average Bonchev–Trinajstić information content (AvgIpc) is 3.40. The van der Waals surface area contributed by atoms with Gasteiger partial charge >= 0.3 is 5.97 Å². The smallest absolute Gasteiger partial charge is 0.326 e. The van der Waals surface area contributed by atoms with Crippen LogP contribution in [-0.4, -0.2) is 80.7 Å². The van der Waals surface area contributed by atoms with Gasteiger partial charge in [0.25, 0.3) is 0 Å². The second-order valence-corrected chi connectivity index (χ2v) is 9.04. The van der Waals surface area contributed by atoms with E-state index in [0.29, 0.717) is 25.1 Å². The topological polar surface area (TPSA) is 226 Å². The van der Waals surface area contributed by atoms with Crippen LogP contribution in [0.1, 0.15) is 37.4 Å². The largest absolute Gasteiger partial charge is 0.480 e. The molecule has 0 aliphatic heterocycles. The number of aliphatic hydroxyl groups is 1. The van der Waals surface area contributed by atoms with E-state index in [0.717, 1.165) is 5.56 Å². The third kappa shape index (κ3) is 9.92. The fourth-order valence-corrected chi connectivity index (χ4v) is 3.67. The second kappa shape index (κ2) is 15.4. The fourth-order valence-electron chi connectivity index (χ4n) is 3.67. The number of hydrogen-bond acceptors (Lipinski definition) is 8. The number of unbranched alkanes of at least 4 members (excludes halogenated alkanes) is 1. The van der Waals surface area contributed by atoms with Crippen LogP contribution in [0.5, 0.6) is 0 Å². The lowest BCUT2D eigenvalue weighted by molar-refractivity contribution is -0.142. The van der Waals surface area contributed by atoms with Gasteiger partial charge in [-0.3, -0.25) is 14.4 Å². The molecule has 38 heavy (non-hydrogen) atoms. The third-order valence-corrected chi connectivity index (χ3v) is 5.91. The van der Waals surface area contributed by atoms with E-state index in [9.17, 15) is 29.4 Å². The lowest BCUT2D eigenvalue weighted by Crippen LogP contribution is -2.58. The van der Waals surface area contributed by atoms with Crippen molar-refractivity contribution in [1.29, 1.82) is 0 Å². The summed E-state index contributed by atoms with van der Waals surface area (Å²) in [5.74, 6) is -3.33. The molecule has 2 aromatic rings.